The number of carbonyl (C=O) groups is 2. The minimum absolute atomic E-state index is 0.200. The Labute approximate surface area is 155 Å². The number of nitrogens with zero attached hydrogens (tertiary/aromatic N) is 2. The maximum absolute atomic E-state index is 12.6. The van der Waals surface area contributed by atoms with E-state index in [1.807, 2.05) is 19.9 Å². The number of esters is 1. The van der Waals surface area contributed by atoms with Gasteiger partial charge in [-0.25, -0.2) is 8.42 Å². The molecule has 2 rings (SSSR count). The van der Waals surface area contributed by atoms with Gasteiger partial charge in [0.2, 0.25) is 15.9 Å². The van der Waals surface area contributed by atoms with Gasteiger partial charge < -0.3 is 9.64 Å². The highest BCUT2D eigenvalue weighted by Gasteiger charge is 2.30. The summed E-state index contributed by atoms with van der Waals surface area (Å²) < 4.78 is 30.4. The monoisotopic (exact) mass is 382 g/mol. The van der Waals surface area contributed by atoms with Crippen LogP contribution in [-0.2, 0) is 24.3 Å². The zero-order valence-corrected chi connectivity index (χ0v) is 16.5. The lowest BCUT2D eigenvalue weighted by atomic mass is 9.97. The molecule has 0 radical (unpaired) electrons. The molecule has 26 heavy (non-hydrogen) atoms. The van der Waals surface area contributed by atoms with Crippen LogP contribution in [0.3, 0.4) is 0 Å². The second kappa shape index (κ2) is 8.07. The Kier molecular flexibility index (Phi) is 6.28. The average Bonchev–Trinajstić information content (AvgIpc) is 2.57. The zero-order chi connectivity index (χ0) is 19.5. The summed E-state index contributed by atoms with van der Waals surface area (Å²) in [6, 6.07) is 5.46. The third-order valence-electron chi connectivity index (χ3n) is 4.56. The van der Waals surface area contributed by atoms with E-state index in [0.29, 0.717) is 31.6 Å². The quantitative estimate of drug-likeness (QED) is 0.720. The van der Waals surface area contributed by atoms with Gasteiger partial charge in [-0.1, -0.05) is 6.07 Å². The van der Waals surface area contributed by atoms with Gasteiger partial charge >= 0.3 is 5.97 Å². The van der Waals surface area contributed by atoms with Gasteiger partial charge in [0.1, 0.15) is 6.54 Å². The summed E-state index contributed by atoms with van der Waals surface area (Å²) >= 11 is 0. The fraction of sp³-hybridized carbons (Fsp3) is 0.556. The first-order chi connectivity index (χ1) is 12.1. The Balaban J connectivity index is 2.12. The van der Waals surface area contributed by atoms with Crippen molar-refractivity contribution in [3.63, 3.8) is 0 Å². The number of benzene rings is 1. The first-order valence-electron chi connectivity index (χ1n) is 8.53. The standard InChI is InChI=1S/C18H26N2O5S/c1-13-9-14(2)11-16(10-13)20(26(4,23)24)12-17(21)19-7-5-15(6-8-19)18(22)25-3/h9-11,15H,5-8,12H2,1-4H3. The van der Waals surface area contributed by atoms with Crippen molar-refractivity contribution >= 4 is 27.6 Å². The highest BCUT2D eigenvalue weighted by molar-refractivity contribution is 7.92. The Bertz CT molecular complexity index is 763. The van der Waals surface area contributed by atoms with Crippen LogP contribution in [0.5, 0.6) is 0 Å². The number of sulfonamides is 1. The summed E-state index contributed by atoms with van der Waals surface area (Å²) in [4.78, 5) is 25.8. The largest absolute Gasteiger partial charge is 0.469 e. The summed E-state index contributed by atoms with van der Waals surface area (Å²) in [5.74, 6) is -0.725. The third kappa shape index (κ3) is 4.97. The number of ether oxygens (including phenoxy) is 1. The molecule has 1 saturated heterocycles. The number of hydrogen-bond donors (Lipinski definition) is 0. The van der Waals surface area contributed by atoms with Crippen molar-refractivity contribution < 1.29 is 22.7 Å². The normalized spacial score (nSPS) is 15.6. The van der Waals surface area contributed by atoms with Crippen LogP contribution in [0.4, 0.5) is 5.69 Å². The van der Waals surface area contributed by atoms with Gasteiger partial charge in [0.15, 0.2) is 0 Å². The molecule has 8 heteroatoms. The average molecular weight is 382 g/mol. The van der Waals surface area contributed by atoms with E-state index < -0.39 is 10.0 Å². The molecule has 0 atom stereocenters. The van der Waals surface area contributed by atoms with Crippen LogP contribution < -0.4 is 4.31 Å². The molecule has 0 N–H and O–H groups in total. The number of amides is 1. The molecule has 144 valence electrons. The molecule has 1 fully saturated rings. The summed E-state index contributed by atoms with van der Waals surface area (Å²) in [6.07, 6.45) is 2.16. The number of anilines is 1. The highest BCUT2D eigenvalue weighted by atomic mass is 32.2. The second-order valence-electron chi connectivity index (χ2n) is 6.79. The van der Waals surface area contributed by atoms with Gasteiger partial charge in [-0.15, -0.1) is 0 Å². The summed E-state index contributed by atoms with van der Waals surface area (Å²) in [5, 5.41) is 0. The van der Waals surface area contributed by atoms with Gasteiger partial charge in [-0.3, -0.25) is 13.9 Å². The van der Waals surface area contributed by atoms with Gasteiger partial charge in [-0.2, -0.15) is 0 Å². The fourth-order valence-electron chi connectivity index (χ4n) is 3.25. The number of hydrogen-bond acceptors (Lipinski definition) is 5. The fourth-order valence-corrected chi connectivity index (χ4v) is 4.08. The van der Waals surface area contributed by atoms with Crippen LogP contribution in [0.25, 0.3) is 0 Å². The number of aryl methyl sites for hydroxylation is 2. The maximum Gasteiger partial charge on any atom is 0.308 e. The van der Waals surface area contributed by atoms with Crippen molar-refractivity contribution in [3.05, 3.63) is 29.3 Å². The van der Waals surface area contributed by atoms with Crippen LogP contribution >= 0.6 is 0 Å². The lowest BCUT2D eigenvalue weighted by Crippen LogP contribution is -2.46. The number of carbonyl (C=O) groups excluding carboxylic acids is 2. The molecule has 1 aromatic carbocycles. The van der Waals surface area contributed by atoms with E-state index in [4.69, 9.17) is 4.74 Å². The number of likely N-dealkylation sites (tertiary alicyclic amines) is 1. The van der Waals surface area contributed by atoms with Gasteiger partial charge in [0, 0.05) is 13.1 Å². The lowest BCUT2D eigenvalue weighted by Gasteiger charge is -2.32. The minimum atomic E-state index is -3.60. The first-order valence-corrected chi connectivity index (χ1v) is 10.4. The van der Waals surface area contributed by atoms with Crippen LogP contribution in [0.15, 0.2) is 18.2 Å². The zero-order valence-electron chi connectivity index (χ0n) is 15.7. The first kappa shape index (κ1) is 20.2. The van der Waals surface area contributed by atoms with E-state index in [9.17, 15) is 18.0 Å². The Morgan fingerprint density at radius 2 is 1.69 bits per heavy atom. The molecule has 7 nitrogen and oxygen atoms in total. The second-order valence-corrected chi connectivity index (χ2v) is 8.70. The molecule has 0 spiro atoms. The molecule has 1 heterocycles. The van der Waals surface area contributed by atoms with Gasteiger partial charge in [0.05, 0.1) is 25.0 Å². The third-order valence-corrected chi connectivity index (χ3v) is 5.70. The predicted octanol–water partition coefficient (Wildman–Crippen LogP) is 1.48. The van der Waals surface area contributed by atoms with Crippen LogP contribution in [0.2, 0.25) is 0 Å². The minimum Gasteiger partial charge on any atom is -0.469 e. The van der Waals surface area contributed by atoms with Gasteiger partial charge in [-0.05, 0) is 49.9 Å². The summed E-state index contributed by atoms with van der Waals surface area (Å²) in [7, 11) is -2.25. The van der Waals surface area contributed by atoms with E-state index >= 15 is 0 Å². The molecule has 0 saturated carbocycles. The van der Waals surface area contributed by atoms with Crippen LogP contribution in [-0.4, -0.2) is 58.2 Å². The molecule has 1 aliphatic rings. The molecule has 0 aromatic heterocycles. The molecule has 1 aromatic rings. The van der Waals surface area contributed by atoms with Crippen molar-refractivity contribution in [2.45, 2.75) is 26.7 Å². The Morgan fingerprint density at radius 3 is 2.15 bits per heavy atom. The number of piperidine rings is 1. The molecule has 1 aliphatic heterocycles. The smallest absolute Gasteiger partial charge is 0.308 e. The number of rotatable bonds is 5. The van der Waals surface area contributed by atoms with Crippen molar-refractivity contribution in [3.8, 4) is 0 Å². The van der Waals surface area contributed by atoms with E-state index in [-0.39, 0.29) is 24.3 Å². The molecular formula is C18H26N2O5S. The van der Waals surface area contributed by atoms with Gasteiger partial charge in [0.25, 0.3) is 0 Å². The van der Waals surface area contributed by atoms with E-state index in [1.165, 1.54) is 7.11 Å². The molecular weight excluding hydrogens is 356 g/mol. The van der Waals surface area contributed by atoms with E-state index in [2.05, 4.69) is 0 Å². The SMILES string of the molecule is COC(=O)C1CCN(C(=O)CN(c2cc(C)cc(C)c2)S(C)(=O)=O)CC1. The Hall–Kier alpha value is -2.09. The van der Waals surface area contributed by atoms with Crippen molar-refractivity contribution in [2.75, 3.05) is 37.3 Å². The molecule has 1 amide bonds. The molecule has 0 unspecified atom stereocenters. The predicted molar refractivity (Wildman–Crippen MR) is 99.4 cm³/mol. The highest BCUT2D eigenvalue weighted by Crippen LogP contribution is 2.23. The summed E-state index contributed by atoms with van der Waals surface area (Å²) in [6.45, 7) is 4.36. The van der Waals surface area contributed by atoms with E-state index in [0.717, 1.165) is 21.7 Å². The van der Waals surface area contributed by atoms with Crippen molar-refractivity contribution in [2.24, 2.45) is 5.92 Å². The lowest BCUT2D eigenvalue weighted by molar-refractivity contribution is -0.148. The van der Waals surface area contributed by atoms with Crippen molar-refractivity contribution in [1.82, 2.24) is 4.90 Å². The summed E-state index contributed by atoms with van der Waals surface area (Å²) in [5.41, 5.74) is 2.35. The van der Waals surface area contributed by atoms with Crippen LogP contribution in [0, 0.1) is 19.8 Å². The maximum atomic E-state index is 12.6. The van der Waals surface area contributed by atoms with Crippen molar-refractivity contribution in [1.29, 1.82) is 0 Å². The topological polar surface area (TPSA) is 84.0 Å². The number of methoxy groups -OCH3 is 1. The molecule has 0 bridgehead atoms. The molecule has 0 aliphatic carbocycles. The Morgan fingerprint density at radius 1 is 1.15 bits per heavy atom. The van der Waals surface area contributed by atoms with E-state index in [1.54, 1.807) is 17.0 Å². The van der Waals surface area contributed by atoms with Crippen LogP contribution in [0.1, 0.15) is 24.0 Å².